The molecule has 0 N–H and O–H groups in total. The lowest BCUT2D eigenvalue weighted by Crippen LogP contribution is -2.57. The van der Waals surface area contributed by atoms with Crippen LogP contribution in [0, 0.1) is 34.5 Å². The Morgan fingerprint density at radius 3 is 2.62 bits per heavy atom. The van der Waals surface area contributed by atoms with E-state index in [0.29, 0.717) is 23.2 Å². The molecule has 4 fully saturated rings. The summed E-state index contributed by atoms with van der Waals surface area (Å²) in [6.45, 7) is 3.36. The van der Waals surface area contributed by atoms with Crippen molar-refractivity contribution in [2.45, 2.75) is 70.8 Å². The molecule has 3 nitrogen and oxygen atoms in total. The number of ether oxygens (including phenoxy) is 2. The molecule has 0 aromatic heterocycles. The van der Waals surface area contributed by atoms with Crippen LogP contribution in [0.25, 0.3) is 0 Å². The maximum Gasteiger partial charge on any atom is 0.133 e. The van der Waals surface area contributed by atoms with Crippen molar-refractivity contribution in [1.29, 1.82) is 0 Å². The second-order valence-electron chi connectivity index (χ2n) is 9.41. The molecule has 136 valence electrons. The van der Waals surface area contributed by atoms with Crippen LogP contribution < -0.4 is 0 Å². The molecule has 0 aliphatic heterocycles. The van der Waals surface area contributed by atoms with Gasteiger partial charge in [0, 0.05) is 32.5 Å². The van der Waals surface area contributed by atoms with Crippen LogP contribution in [-0.2, 0) is 14.3 Å². The van der Waals surface area contributed by atoms with E-state index in [1.807, 2.05) is 14.2 Å². The van der Waals surface area contributed by atoms with Crippen LogP contribution >= 0.6 is 0 Å². The van der Waals surface area contributed by atoms with Crippen molar-refractivity contribution in [3.05, 3.63) is 0 Å². The van der Waals surface area contributed by atoms with Crippen LogP contribution in [0.3, 0.4) is 0 Å². The fourth-order valence-corrected chi connectivity index (χ4v) is 7.74. The summed E-state index contributed by atoms with van der Waals surface area (Å²) in [5.74, 6) is 3.46. The van der Waals surface area contributed by atoms with Crippen molar-refractivity contribution < 1.29 is 14.3 Å². The van der Waals surface area contributed by atoms with E-state index in [1.165, 1.54) is 38.5 Å². The summed E-state index contributed by atoms with van der Waals surface area (Å²) in [6, 6.07) is 0. The van der Waals surface area contributed by atoms with Crippen LogP contribution in [0.15, 0.2) is 0 Å². The number of fused-ring (bicyclic) bond motifs is 5. The highest BCUT2D eigenvalue weighted by atomic mass is 16.5. The number of methoxy groups -OCH3 is 2. The average Bonchev–Trinajstić information content (AvgIpc) is 2.92. The van der Waals surface area contributed by atoms with Crippen LogP contribution in [0.4, 0.5) is 0 Å². The minimum absolute atomic E-state index is 0.276. The quantitative estimate of drug-likeness (QED) is 0.774. The zero-order valence-corrected chi connectivity index (χ0v) is 15.7. The molecule has 0 bridgehead atoms. The van der Waals surface area contributed by atoms with Gasteiger partial charge in [0.2, 0.25) is 0 Å². The molecule has 4 aliphatic carbocycles. The van der Waals surface area contributed by atoms with Crippen molar-refractivity contribution in [3.63, 3.8) is 0 Å². The van der Waals surface area contributed by atoms with Crippen molar-refractivity contribution in [2.24, 2.45) is 34.5 Å². The average molecular weight is 335 g/mol. The summed E-state index contributed by atoms with van der Waals surface area (Å²) in [6.07, 6.45) is 10.9. The Hall–Kier alpha value is -0.410. The van der Waals surface area contributed by atoms with E-state index in [2.05, 4.69) is 6.92 Å². The second kappa shape index (κ2) is 6.09. The Kier molecular flexibility index (Phi) is 4.32. The largest absolute Gasteiger partial charge is 0.384 e. The Balaban J connectivity index is 1.65. The SMILES string of the molecule is COC[C@]12CCC(=O)CC1CC[C@@H]1C2CC[C@@]2(C)C1CC[C@@H]2OC. The van der Waals surface area contributed by atoms with Crippen LogP contribution in [-0.4, -0.2) is 32.7 Å². The van der Waals surface area contributed by atoms with Crippen LogP contribution in [0.5, 0.6) is 0 Å². The van der Waals surface area contributed by atoms with Gasteiger partial charge in [-0.3, -0.25) is 4.79 Å². The summed E-state index contributed by atoms with van der Waals surface area (Å²) in [5, 5.41) is 0. The molecule has 0 spiro atoms. The molecule has 4 saturated carbocycles. The third-order valence-electron chi connectivity index (χ3n) is 8.79. The molecular weight excluding hydrogens is 300 g/mol. The van der Waals surface area contributed by atoms with E-state index in [9.17, 15) is 4.79 Å². The molecule has 0 aromatic carbocycles. The first-order valence-electron chi connectivity index (χ1n) is 10.1. The molecule has 7 atom stereocenters. The van der Waals surface area contributed by atoms with Gasteiger partial charge in [-0.25, -0.2) is 0 Å². The van der Waals surface area contributed by atoms with Gasteiger partial charge in [0.25, 0.3) is 0 Å². The van der Waals surface area contributed by atoms with Gasteiger partial charge in [-0.05, 0) is 74.0 Å². The fourth-order valence-electron chi connectivity index (χ4n) is 7.74. The summed E-state index contributed by atoms with van der Waals surface area (Å²) in [5.41, 5.74) is 0.652. The number of rotatable bonds is 3. The molecule has 0 aromatic rings. The van der Waals surface area contributed by atoms with Crippen LogP contribution in [0.2, 0.25) is 0 Å². The lowest BCUT2D eigenvalue weighted by Gasteiger charge is -2.60. The van der Waals surface area contributed by atoms with Crippen LogP contribution in [0.1, 0.15) is 64.7 Å². The van der Waals surface area contributed by atoms with Gasteiger partial charge in [0.05, 0.1) is 12.7 Å². The van der Waals surface area contributed by atoms with E-state index in [0.717, 1.165) is 43.6 Å². The van der Waals surface area contributed by atoms with E-state index in [4.69, 9.17) is 9.47 Å². The number of Topliss-reactive ketones (excluding diaryl/α,β-unsaturated/α-hetero) is 1. The number of hydrogen-bond donors (Lipinski definition) is 0. The van der Waals surface area contributed by atoms with E-state index < -0.39 is 0 Å². The predicted molar refractivity (Wildman–Crippen MR) is 93.7 cm³/mol. The predicted octanol–water partition coefficient (Wildman–Crippen LogP) is 4.24. The van der Waals surface area contributed by atoms with E-state index in [1.54, 1.807) is 0 Å². The summed E-state index contributed by atoms with van der Waals surface area (Å²) in [4.78, 5) is 12.1. The third kappa shape index (κ3) is 2.26. The maximum atomic E-state index is 12.1. The molecule has 0 radical (unpaired) electrons. The van der Waals surface area contributed by atoms with Gasteiger partial charge in [0.15, 0.2) is 0 Å². The Bertz CT molecular complexity index is 503. The summed E-state index contributed by atoms with van der Waals surface area (Å²) in [7, 11) is 3.76. The Morgan fingerprint density at radius 2 is 1.88 bits per heavy atom. The minimum Gasteiger partial charge on any atom is -0.384 e. The zero-order valence-electron chi connectivity index (χ0n) is 15.7. The normalized spacial score (nSPS) is 51.0. The van der Waals surface area contributed by atoms with Gasteiger partial charge < -0.3 is 9.47 Å². The highest BCUT2D eigenvalue weighted by molar-refractivity contribution is 5.79. The monoisotopic (exact) mass is 334 g/mol. The summed E-state index contributed by atoms with van der Waals surface area (Å²) < 4.78 is 11.7. The van der Waals surface area contributed by atoms with Gasteiger partial charge in [-0.2, -0.15) is 0 Å². The molecule has 4 rings (SSSR count). The van der Waals surface area contributed by atoms with Gasteiger partial charge >= 0.3 is 0 Å². The first-order valence-corrected chi connectivity index (χ1v) is 10.1. The number of carbonyl (C=O) groups is 1. The van der Waals surface area contributed by atoms with Crippen molar-refractivity contribution >= 4 is 5.78 Å². The van der Waals surface area contributed by atoms with Crippen molar-refractivity contribution in [2.75, 3.05) is 20.8 Å². The second-order valence-corrected chi connectivity index (χ2v) is 9.41. The highest BCUT2D eigenvalue weighted by Gasteiger charge is 2.61. The lowest BCUT2D eigenvalue weighted by atomic mass is 9.45. The van der Waals surface area contributed by atoms with Crippen molar-refractivity contribution in [1.82, 2.24) is 0 Å². The summed E-state index contributed by atoms with van der Waals surface area (Å²) >= 11 is 0. The molecular formula is C21H34O3. The fraction of sp³-hybridized carbons (Fsp3) is 0.952. The Labute approximate surface area is 146 Å². The number of carbonyl (C=O) groups excluding carboxylic acids is 1. The van der Waals surface area contributed by atoms with E-state index in [-0.39, 0.29) is 5.41 Å². The zero-order chi connectivity index (χ0) is 16.9. The standard InChI is InChI=1S/C21H34O3/c1-20-10-9-18-16(17(20)6-7-19(20)24-3)5-4-14-12-15(22)8-11-21(14,18)13-23-2/h14,16-19H,4-13H2,1-3H3/t14?,16-,17?,18?,19-,20-,21+/m0/s1. The molecule has 0 saturated heterocycles. The molecule has 24 heavy (non-hydrogen) atoms. The smallest absolute Gasteiger partial charge is 0.133 e. The first-order chi connectivity index (χ1) is 11.5. The lowest BCUT2D eigenvalue weighted by molar-refractivity contribution is -0.160. The molecule has 4 aliphatic rings. The highest BCUT2D eigenvalue weighted by Crippen LogP contribution is 2.66. The molecule has 0 heterocycles. The first kappa shape index (κ1) is 17.0. The Morgan fingerprint density at radius 1 is 1.04 bits per heavy atom. The van der Waals surface area contributed by atoms with Gasteiger partial charge in [-0.1, -0.05) is 6.92 Å². The topological polar surface area (TPSA) is 35.5 Å². The number of hydrogen-bond acceptors (Lipinski definition) is 3. The molecule has 3 heteroatoms. The molecule has 3 unspecified atom stereocenters. The number of ketones is 1. The molecule has 0 amide bonds. The third-order valence-corrected chi connectivity index (χ3v) is 8.79. The maximum absolute atomic E-state index is 12.1. The van der Waals surface area contributed by atoms with Gasteiger partial charge in [0.1, 0.15) is 5.78 Å². The van der Waals surface area contributed by atoms with Gasteiger partial charge in [-0.15, -0.1) is 0 Å². The minimum atomic E-state index is 0.276. The van der Waals surface area contributed by atoms with E-state index >= 15 is 0 Å². The van der Waals surface area contributed by atoms with Crippen molar-refractivity contribution in [3.8, 4) is 0 Å².